The zero-order valence-corrected chi connectivity index (χ0v) is 17.8. The maximum atomic E-state index is 6.51. The lowest BCUT2D eigenvalue weighted by molar-refractivity contribution is 0.195. The van der Waals surface area contributed by atoms with Crippen molar-refractivity contribution in [3.63, 3.8) is 0 Å². The molecule has 150 valence electrons. The van der Waals surface area contributed by atoms with Gasteiger partial charge in [-0.15, -0.1) is 0 Å². The lowest BCUT2D eigenvalue weighted by Gasteiger charge is -2.52. The molecular formula is C27H26N2O. The Kier molecular flexibility index (Phi) is 2.92. The van der Waals surface area contributed by atoms with E-state index < -0.39 is 0 Å². The Morgan fingerprint density at radius 1 is 0.800 bits per heavy atom. The molecule has 2 atom stereocenters. The van der Waals surface area contributed by atoms with E-state index in [9.17, 15) is 0 Å². The van der Waals surface area contributed by atoms with E-state index in [1.807, 2.05) is 0 Å². The molecule has 0 aromatic heterocycles. The number of hydrogen-bond acceptors (Lipinski definition) is 3. The van der Waals surface area contributed by atoms with Crippen LogP contribution in [0.15, 0.2) is 54.6 Å². The van der Waals surface area contributed by atoms with Crippen LogP contribution < -0.4 is 14.5 Å². The fraction of sp³-hybridized carbons (Fsp3) is 0.333. The molecule has 3 aromatic carbocycles. The Morgan fingerprint density at radius 2 is 1.53 bits per heavy atom. The molecule has 3 nitrogen and oxygen atoms in total. The Morgan fingerprint density at radius 3 is 2.43 bits per heavy atom. The highest BCUT2D eigenvalue weighted by Crippen LogP contribution is 2.69. The average molecular weight is 395 g/mol. The zero-order valence-electron chi connectivity index (χ0n) is 17.8. The average Bonchev–Trinajstić information content (AvgIpc) is 2.97. The summed E-state index contributed by atoms with van der Waals surface area (Å²) in [6, 6.07) is 20.0. The molecule has 0 N–H and O–H groups in total. The van der Waals surface area contributed by atoms with Crippen LogP contribution in [0.2, 0.25) is 0 Å². The monoisotopic (exact) mass is 394 g/mol. The van der Waals surface area contributed by atoms with Crippen LogP contribution in [-0.4, -0.2) is 5.54 Å². The minimum atomic E-state index is 0.0811. The fourth-order valence-electron chi connectivity index (χ4n) is 6.73. The Hall–Kier alpha value is -2.94. The third kappa shape index (κ3) is 1.68. The molecule has 1 fully saturated rings. The molecule has 3 heterocycles. The summed E-state index contributed by atoms with van der Waals surface area (Å²) >= 11 is 0. The number of aryl methyl sites for hydroxylation is 1. The van der Waals surface area contributed by atoms with Gasteiger partial charge in [0.25, 0.3) is 0 Å². The normalized spacial score (nSPS) is 27.0. The van der Waals surface area contributed by atoms with Crippen LogP contribution in [0.1, 0.15) is 50.7 Å². The van der Waals surface area contributed by atoms with Gasteiger partial charge in [-0.3, -0.25) is 4.90 Å². The smallest absolute Gasteiger partial charge is 0.154 e. The van der Waals surface area contributed by atoms with E-state index in [1.54, 1.807) is 0 Å². The molecule has 3 aromatic rings. The predicted octanol–water partition coefficient (Wildman–Crippen LogP) is 7.63. The van der Waals surface area contributed by atoms with E-state index in [4.69, 9.17) is 4.74 Å². The van der Waals surface area contributed by atoms with Crippen LogP contribution in [0.4, 0.5) is 28.4 Å². The van der Waals surface area contributed by atoms with Crippen molar-refractivity contribution >= 4 is 28.4 Å². The van der Waals surface area contributed by atoms with Gasteiger partial charge in [-0.25, -0.2) is 0 Å². The summed E-state index contributed by atoms with van der Waals surface area (Å²) in [5.41, 5.74) is 9.24. The third-order valence-corrected chi connectivity index (χ3v) is 8.43. The first-order chi connectivity index (χ1) is 14.5. The summed E-state index contributed by atoms with van der Waals surface area (Å²) < 4.78 is 6.51. The summed E-state index contributed by atoms with van der Waals surface area (Å²) in [5, 5.41) is 0. The van der Waals surface area contributed by atoms with E-state index in [1.165, 1.54) is 59.6 Å². The lowest BCUT2D eigenvalue weighted by atomic mass is 9.61. The van der Waals surface area contributed by atoms with E-state index in [0.29, 0.717) is 0 Å². The third-order valence-electron chi connectivity index (χ3n) is 8.43. The van der Waals surface area contributed by atoms with Gasteiger partial charge in [-0.05, 0) is 62.1 Å². The Labute approximate surface area is 177 Å². The molecular weight excluding hydrogens is 368 g/mol. The van der Waals surface area contributed by atoms with Crippen molar-refractivity contribution in [3.8, 4) is 11.5 Å². The summed E-state index contributed by atoms with van der Waals surface area (Å²) in [6.45, 7) is 7.13. The van der Waals surface area contributed by atoms with Crippen LogP contribution in [0.3, 0.4) is 0 Å². The summed E-state index contributed by atoms with van der Waals surface area (Å²) in [7, 11) is 0. The van der Waals surface area contributed by atoms with Gasteiger partial charge in [0.05, 0.1) is 28.3 Å². The summed E-state index contributed by atoms with van der Waals surface area (Å²) in [4.78, 5) is 5.13. The summed E-state index contributed by atoms with van der Waals surface area (Å²) in [6.07, 6.45) is 5.07. The number of nitrogens with zero attached hydrogens (tertiary/aromatic N) is 2. The van der Waals surface area contributed by atoms with Crippen molar-refractivity contribution in [2.75, 3.05) is 9.80 Å². The number of rotatable bonds is 0. The van der Waals surface area contributed by atoms with Gasteiger partial charge in [0.1, 0.15) is 5.69 Å². The molecule has 0 spiro atoms. The minimum absolute atomic E-state index is 0.0811. The van der Waals surface area contributed by atoms with E-state index in [0.717, 1.165) is 17.2 Å². The number of benzene rings is 3. The van der Waals surface area contributed by atoms with Crippen molar-refractivity contribution < 1.29 is 4.74 Å². The van der Waals surface area contributed by atoms with Crippen LogP contribution in [0.5, 0.6) is 11.5 Å². The number of ether oxygens (including phenoxy) is 1. The van der Waals surface area contributed by atoms with Crippen LogP contribution >= 0.6 is 0 Å². The highest BCUT2D eigenvalue weighted by atomic mass is 16.5. The molecule has 1 saturated carbocycles. The van der Waals surface area contributed by atoms with Crippen molar-refractivity contribution in [2.45, 2.75) is 57.4 Å². The molecule has 0 saturated heterocycles. The first kappa shape index (κ1) is 16.8. The van der Waals surface area contributed by atoms with Crippen molar-refractivity contribution in [2.24, 2.45) is 0 Å². The highest BCUT2D eigenvalue weighted by molar-refractivity contribution is 6.05. The van der Waals surface area contributed by atoms with Gasteiger partial charge in [0, 0.05) is 5.41 Å². The molecule has 3 heteroatoms. The quantitative estimate of drug-likeness (QED) is 0.305. The van der Waals surface area contributed by atoms with Crippen molar-refractivity contribution in [1.82, 2.24) is 0 Å². The number of fused-ring (bicyclic) bond motifs is 7. The molecule has 7 rings (SSSR count). The van der Waals surface area contributed by atoms with Crippen LogP contribution in [-0.2, 0) is 5.41 Å². The molecule has 3 aliphatic heterocycles. The topological polar surface area (TPSA) is 15.7 Å². The molecule has 0 amide bonds. The Bertz CT molecular complexity index is 1250. The zero-order chi connectivity index (χ0) is 20.3. The van der Waals surface area contributed by atoms with Gasteiger partial charge in [-0.2, -0.15) is 0 Å². The largest absolute Gasteiger partial charge is 0.453 e. The second kappa shape index (κ2) is 5.21. The van der Waals surface area contributed by atoms with Crippen molar-refractivity contribution in [1.29, 1.82) is 0 Å². The number of anilines is 5. The maximum Gasteiger partial charge on any atom is 0.154 e. The maximum absolute atomic E-state index is 6.51. The molecule has 1 aliphatic carbocycles. The summed E-state index contributed by atoms with van der Waals surface area (Å²) in [5.74, 6) is 1.93. The van der Waals surface area contributed by atoms with Gasteiger partial charge in [0.2, 0.25) is 0 Å². The van der Waals surface area contributed by atoms with Gasteiger partial charge >= 0.3 is 0 Å². The molecule has 4 aliphatic rings. The SMILES string of the molecule is Cc1cccc2c1Oc1cccc3c1N2c1cccc2c1N3C1(C)CCCCC21C. The molecule has 0 radical (unpaired) electrons. The van der Waals surface area contributed by atoms with Crippen LogP contribution in [0, 0.1) is 6.92 Å². The predicted molar refractivity (Wildman–Crippen MR) is 122 cm³/mol. The molecule has 0 bridgehead atoms. The second-order valence-corrected chi connectivity index (χ2v) is 9.81. The van der Waals surface area contributed by atoms with Gasteiger partial charge in [0.15, 0.2) is 11.5 Å². The van der Waals surface area contributed by atoms with E-state index in [-0.39, 0.29) is 11.0 Å². The Balaban J connectivity index is 1.62. The van der Waals surface area contributed by atoms with Crippen molar-refractivity contribution in [3.05, 3.63) is 65.7 Å². The molecule has 2 unspecified atom stereocenters. The van der Waals surface area contributed by atoms with Gasteiger partial charge < -0.3 is 9.64 Å². The second-order valence-electron chi connectivity index (χ2n) is 9.81. The van der Waals surface area contributed by atoms with E-state index >= 15 is 0 Å². The first-order valence-electron chi connectivity index (χ1n) is 11.2. The molecule has 30 heavy (non-hydrogen) atoms. The highest BCUT2D eigenvalue weighted by Gasteiger charge is 2.60. The standard InChI is InChI=1S/C27H26N2O/c1-17-9-6-13-21-25(17)30-22-14-8-12-20-24(22)28(21)19-11-7-10-18-23(19)29(20)27(3)16-5-4-15-26(18,27)2/h6-14H,4-5,15-16H2,1-3H3. The first-order valence-corrected chi connectivity index (χ1v) is 11.2. The van der Waals surface area contributed by atoms with Gasteiger partial charge in [-0.1, -0.05) is 50.1 Å². The number of para-hydroxylation sites is 3. The fourth-order valence-corrected chi connectivity index (χ4v) is 6.73. The van der Waals surface area contributed by atoms with E-state index in [2.05, 4.69) is 85.2 Å². The van der Waals surface area contributed by atoms with Crippen LogP contribution in [0.25, 0.3) is 0 Å². The lowest BCUT2D eigenvalue weighted by Crippen LogP contribution is -2.55. The number of hydrogen-bond donors (Lipinski definition) is 0. The minimum Gasteiger partial charge on any atom is -0.453 e.